The second-order valence-electron chi connectivity index (χ2n) is 9.93. The highest BCUT2D eigenvalue weighted by Crippen LogP contribution is 2.34. The molecule has 0 bridgehead atoms. The summed E-state index contributed by atoms with van der Waals surface area (Å²) in [6.45, 7) is 2.62. The molecule has 0 amide bonds. The average Bonchev–Trinajstić information content (AvgIpc) is 3.37. The number of para-hydroxylation sites is 2. The van der Waals surface area contributed by atoms with Gasteiger partial charge < -0.3 is 10.3 Å². The minimum atomic E-state index is -0.418. The van der Waals surface area contributed by atoms with Gasteiger partial charge in [0.1, 0.15) is 5.82 Å². The average molecular weight is 588 g/mol. The molecule has 1 atom stereocenters. The van der Waals surface area contributed by atoms with Crippen LogP contribution in [0.25, 0.3) is 11.0 Å². The van der Waals surface area contributed by atoms with Gasteiger partial charge in [0.15, 0.2) is 0 Å². The van der Waals surface area contributed by atoms with Crippen LogP contribution < -0.4 is 5.32 Å². The van der Waals surface area contributed by atoms with Crippen LogP contribution in [0, 0.1) is 5.95 Å². The summed E-state index contributed by atoms with van der Waals surface area (Å²) in [5, 5.41) is 3.32. The van der Waals surface area contributed by atoms with Crippen molar-refractivity contribution in [2.75, 3.05) is 0 Å². The zero-order valence-electron chi connectivity index (χ0n) is 21.7. The number of benzene rings is 2. The van der Waals surface area contributed by atoms with Crippen LogP contribution in [-0.2, 0) is 32.6 Å². The molecule has 0 saturated carbocycles. The molecule has 8 heteroatoms. The minimum absolute atomic E-state index is 0. The maximum absolute atomic E-state index is 13.8. The van der Waals surface area contributed by atoms with Crippen molar-refractivity contribution in [1.29, 1.82) is 0 Å². The molecule has 0 radical (unpaired) electrons. The first-order chi connectivity index (χ1) is 18.7. The predicted molar refractivity (Wildman–Crippen MR) is 157 cm³/mol. The van der Waals surface area contributed by atoms with Crippen LogP contribution in [0.2, 0.25) is 0 Å². The van der Waals surface area contributed by atoms with E-state index in [2.05, 4.69) is 56.6 Å². The number of nitrogens with one attached hydrogen (secondary N) is 2. The van der Waals surface area contributed by atoms with Gasteiger partial charge in [-0.2, -0.15) is 4.39 Å². The fraction of sp³-hybridized carbons (Fsp3) is 0.258. The second kappa shape index (κ2) is 12.6. The number of nitrogens with zero attached hydrogens (tertiary/aromatic N) is 4. The predicted octanol–water partition coefficient (Wildman–Crippen LogP) is 6.44. The Balaban J connectivity index is 0.00000308. The smallest absolute Gasteiger partial charge is 0.217 e. The Morgan fingerprint density at radius 3 is 2.51 bits per heavy atom. The van der Waals surface area contributed by atoms with Crippen LogP contribution in [0.15, 0.2) is 85.2 Å². The van der Waals surface area contributed by atoms with Crippen LogP contribution in [0.4, 0.5) is 4.39 Å². The molecule has 0 saturated heterocycles. The summed E-state index contributed by atoms with van der Waals surface area (Å²) in [6.07, 6.45) is 6.70. The normalized spacial score (nSPS) is 14.8. The summed E-state index contributed by atoms with van der Waals surface area (Å²) in [5.41, 5.74) is 7.58. The molecule has 2 N–H and O–H groups in total. The van der Waals surface area contributed by atoms with E-state index in [1.165, 1.54) is 23.0 Å². The molecule has 3 aromatic heterocycles. The van der Waals surface area contributed by atoms with Gasteiger partial charge in [-0.25, -0.2) is 9.97 Å². The van der Waals surface area contributed by atoms with Crippen molar-refractivity contribution in [3.8, 4) is 0 Å². The van der Waals surface area contributed by atoms with Crippen LogP contribution >= 0.6 is 17.0 Å². The number of hydrogen-bond acceptors (Lipinski definition) is 5. The van der Waals surface area contributed by atoms with Gasteiger partial charge in [-0.15, -0.1) is 17.0 Å². The van der Waals surface area contributed by atoms with E-state index in [1.807, 2.05) is 30.5 Å². The van der Waals surface area contributed by atoms with E-state index < -0.39 is 5.95 Å². The molecule has 5 aromatic rings. The zero-order chi connectivity index (χ0) is 25.7. The molecule has 0 fully saturated rings. The Kier molecular flexibility index (Phi) is 8.76. The first kappa shape index (κ1) is 27.1. The van der Waals surface area contributed by atoms with E-state index in [0.717, 1.165) is 54.8 Å². The largest absolute Gasteiger partial charge is 0.341 e. The lowest BCUT2D eigenvalue weighted by molar-refractivity contribution is 0.153. The third-order valence-corrected chi connectivity index (χ3v) is 7.29. The molecule has 1 aliphatic carbocycles. The van der Waals surface area contributed by atoms with Crippen LogP contribution in [0.1, 0.15) is 52.7 Å². The second-order valence-corrected chi connectivity index (χ2v) is 9.93. The molecule has 1 aliphatic rings. The van der Waals surface area contributed by atoms with Crippen molar-refractivity contribution in [3.05, 3.63) is 125 Å². The van der Waals surface area contributed by atoms with E-state index in [4.69, 9.17) is 9.97 Å². The zero-order valence-corrected chi connectivity index (χ0v) is 23.4. The number of aromatic nitrogens is 4. The number of aromatic amines is 1. The van der Waals surface area contributed by atoms with Crippen molar-refractivity contribution >= 4 is 28.0 Å². The molecular formula is C31H32BrFN6. The fourth-order valence-corrected chi connectivity index (χ4v) is 5.38. The van der Waals surface area contributed by atoms with Gasteiger partial charge in [-0.1, -0.05) is 48.5 Å². The molecule has 3 heterocycles. The Morgan fingerprint density at radius 1 is 0.872 bits per heavy atom. The lowest BCUT2D eigenvalue weighted by Crippen LogP contribution is -2.31. The lowest BCUT2D eigenvalue weighted by Gasteiger charge is -2.34. The van der Waals surface area contributed by atoms with Gasteiger partial charge in [0.2, 0.25) is 5.95 Å². The number of aryl methyl sites for hydroxylation is 1. The van der Waals surface area contributed by atoms with Gasteiger partial charge in [-0.3, -0.25) is 9.88 Å². The van der Waals surface area contributed by atoms with Gasteiger partial charge >= 0.3 is 0 Å². The fourth-order valence-electron chi connectivity index (χ4n) is 5.38. The highest BCUT2D eigenvalue weighted by molar-refractivity contribution is 8.93. The third kappa shape index (κ3) is 6.41. The Hall–Kier alpha value is -3.46. The SMILES string of the molecule is Br.Fc1ncccc1CNCc1ccc(CN(Cc2nc3ccccc3[nH]2)C2CCCc3cccnc32)cc1. The third-order valence-electron chi connectivity index (χ3n) is 7.29. The van der Waals surface area contributed by atoms with E-state index in [-0.39, 0.29) is 23.0 Å². The number of hydrogen-bond donors (Lipinski definition) is 2. The van der Waals surface area contributed by atoms with E-state index in [1.54, 1.807) is 12.1 Å². The highest BCUT2D eigenvalue weighted by atomic mass is 79.9. The Morgan fingerprint density at radius 2 is 1.67 bits per heavy atom. The van der Waals surface area contributed by atoms with Gasteiger partial charge in [0, 0.05) is 37.6 Å². The number of H-pyrrole nitrogens is 1. The molecule has 39 heavy (non-hydrogen) atoms. The standard InChI is InChI=1S/C31H31FN6.BrH/c32-31-25(8-5-17-35-31)19-33-18-22-12-14-23(15-13-22)20-38(21-29-36-26-9-1-2-10-27(26)37-29)28-11-3-6-24-7-4-16-34-30(24)28;/h1-2,4-5,7-10,12-17,28,33H,3,6,11,18-21H2,(H,36,37);1H. The monoisotopic (exact) mass is 586 g/mol. The van der Waals surface area contributed by atoms with Gasteiger partial charge in [-0.05, 0) is 60.2 Å². The van der Waals surface area contributed by atoms with Crippen LogP contribution in [0.3, 0.4) is 0 Å². The first-order valence-electron chi connectivity index (χ1n) is 13.2. The number of fused-ring (bicyclic) bond motifs is 2. The Bertz CT molecular complexity index is 1490. The maximum Gasteiger partial charge on any atom is 0.217 e. The Labute approximate surface area is 238 Å². The summed E-state index contributed by atoms with van der Waals surface area (Å²) in [4.78, 5) is 19.4. The number of imidazole rings is 1. The summed E-state index contributed by atoms with van der Waals surface area (Å²) < 4.78 is 13.8. The van der Waals surface area contributed by atoms with E-state index >= 15 is 0 Å². The van der Waals surface area contributed by atoms with Crippen molar-refractivity contribution in [3.63, 3.8) is 0 Å². The quantitative estimate of drug-likeness (QED) is 0.194. The van der Waals surface area contributed by atoms with E-state index in [0.29, 0.717) is 18.7 Å². The molecular weight excluding hydrogens is 555 g/mol. The number of halogens is 2. The molecule has 200 valence electrons. The molecule has 1 unspecified atom stereocenters. The van der Waals surface area contributed by atoms with Gasteiger partial charge in [0.05, 0.1) is 29.3 Å². The topological polar surface area (TPSA) is 69.7 Å². The summed E-state index contributed by atoms with van der Waals surface area (Å²) in [7, 11) is 0. The van der Waals surface area contributed by atoms with Crippen LogP contribution in [0.5, 0.6) is 0 Å². The molecule has 6 nitrogen and oxygen atoms in total. The van der Waals surface area contributed by atoms with Crippen molar-refractivity contribution in [1.82, 2.24) is 30.2 Å². The molecule has 0 aliphatic heterocycles. The number of rotatable bonds is 9. The van der Waals surface area contributed by atoms with Crippen molar-refractivity contribution in [2.24, 2.45) is 0 Å². The lowest BCUT2D eigenvalue weighted by atomic mass is 9.90. The molecule has 6 rings (SSSR count). The van der Waals surface area contributed by atoms with Crippen molar-refractivity contribution < 1.29 is 4.39 Å². The van der Waals surface area contributed by atoms with Crippen molar-refractivity contribution in [2.45, 2.75) is 51.5 Å². The minimum Gasteiger partial charge on any atom is -0.341 e. The van der Waals surface area contributed by atoms with E-state index in [9.17, 15) is 4.39 Å². The maximum atomic E-state index is 13.8. The summed E-state index contributed by atoms with van der Waals surface area (Å²) in [6, 6.07) is 24.9. The summed E-state index contributed by atoms with van der Waals surface area (Å²) in [5.74, 6) is 0.552. The summed E-state index contributed by atoms with van der Waals surface area (Å²) >= 11 is 0. The highest BCUT2D eigenvalue weighted by Gasteiger charge is 2.28. The van der Waals surface area contributed by atoms with Crippen LogP contribution in [-0.4, -0.2) is 24.8 Å². The molecule has 2 aromatic carbocycles. The van der Waals surface area contributed by atoms with Gasteiger partial charge in [0.25, 0.3) is 0 Å². The molecule has 0 spiro atoms. The number of pyridine rings is 2. The first-order valence-corrected chi connectivity index (χ1v) is 13.2.